The van der Waals surface area contributed by atoms with Crippen LogP contribution in [-0.2, 0) is 14.8 Å². The number of rotatable bonds is 6. The Morgan fingerprint density at radius 2 is 1.79 bits per heavy atom. The Hall–Kier alpha value is -2.23. The largest absolute Gasteiger partial charge is 0.486 e. The molecule has 3 rings (SSSR count). The van der Waals surface area contributed by atoms with Gasteiger partial charge in [0.25, 0.3) is 0 Å². The maximum atomic E-state index is 12.6. The summed E-state index contributed by atoms with van der Waals surface area (Å²) in [7, 11) is -2.00. The highest BCUT2D eigenvalue weighted by atomic mass is 32.2. The van der Waals surface area contributed by atoms with Crippen molar-refractivity contribution in [1.82, 2.24) is 4.90 Å². The summed E-state index contributed by atoms with van der Waals surface area (Å²) in [5, 5.41) is 5.12. The van der Waals surface area contributed by atoms with Crippen molar-refractivity contribution in [2.75, 3.05) is 26.0 Å². The van der Waals surface area contributed by atoms with Crippen LogP contribution < -0.4 is 14.6 Å². The number of thioether (sulfide) groups is 1. The molecule has 1 aliphatic heterocycles. The van der Waals surface area contributed by atoms with Crippen molar-refractivity contribution in [3.63, 3.8) is 0 Å². The van der Waals surface area contributed by atoms with Gasteiger partial charge in [0.15, 0.2) is 11.5 Å². The zero-order valence-corrected chi connectivity index (χ0v) is 17.3. The Morgan fingerprint density at radius 1 is 1.14 bits per heavy atom. The van der Waals surface area contributed by atoms with Crippen LogP contribution in [0.15, 0.2) is 52.3 Å². The van der Waals surface area contributed by atoms with Crippen LogP contribution in [0.2, 0.25) is 0 Å². The number of amides is 1. The van der Waals surface area contributed by atoms with Gasteiger partial charge in [-0.25, -0.2) is 13.6 Å². The first-order valence-corrected chi connectivity index (χ1v) is 11.2. The average Bonchev–Trinajstić information content (AvgIpc) is 2.70. The van der Waals surface area contributed by atoms with E-state index in [4.69, 9.17) is 14.6 Å². The van der Waals surface area contributed by atoms with Crippen molar-refractivity contribution in [2.45, 2.75) is 22.8 Å². The Bertz CT molecular complexity index is 961. The molecule has 7 nitrogen and oxygen atoms in total. The fourth-order valence-electron chi connectivity index (χ4n) is 2.74. The molecule has 28 heavy (non-hydrogen) atoms. The Morgan fingerprint density at radius 3 is 2.43 bits per heavy atom. The minimum atomic E-state index is -3.73. The van der Waals surface area contributed by atoms with E-state index in [0.717, 1.165) is 16.2 Å². The van der Waals surface area contributed by atoms with Crippen LogP contribution in [0.4, 0.5) is 0 Å². The van der Waals surface area contributed by atoms with E-state index in [-0.39, 0.29) is 22.6 Å². The average molecular weight is 423 g/mol. The van der Waals surface area contributed by atoms with Gasteiger partial charge in [-0.1, -0.05) is 12.1 Å². The van der Waals surface area contributed by atoms with Gasteiger partial charge in [-0.05, 0) is 42.8 Å². The lowest BCUT2D eigenvalue weighted by Gasteiger charge is -2.25. The van der Waals surface area contributed by atoms with Gasteiger partial charge in [0.05, 0.1) is 16.7 Å². The van der Waals surface area contributed by atoms with Crippen molar-refractivity contribution in [2.24, 2.45) is 5.14 Å². The maximum absolute atomic E-state index is 12.6. The van der Waals surface area contributed by atoms with Crippen molar-refractivity contribution in [3.05, 3.63) is 48.0 Å². The molecule has 1 heterocycles. The first-order valence-electron chi connectivity index (χ1n) is 8.66. The second-order valence-corrected chi connectivity index (χ2v) is 9.00. The maximum Gasteiger partial charge on any atom is 0.238 e. The van der Waals surface area contributed by atoms with E-state index in [1.807, 2.05) is 25.1 Å². The summed E-state index contributed by atoms with van der Waals surface area (Å²) in [6.07, 6.45) is 0. The summed E-state index contributed by atoms with van der Waals surface area (Å²) < 4.78 is 33.8. The molecule has 1 aliphatic rings. The van der Waals surface area contributed by atoms with Crippen LogP contribution >= 0.6 is 11.8 Å². The minimum Gasteiger partial charge on any atom is -0.486 e. The zero-order chi connectivity index (χ0) is 20.3. The smallest absolute Gasteiger partial charge is 0.238 e. The molecular weight excluding hydrogens is 400 g/mol. The SMILES string of the molecule is CC(c1ccc(S(N)(=O)=O)cc1)N(C)C(=O)CSc1ccc2c(c1)OCCO2. The van der Waals surface area contributed by atoms with E-state index in [9.17, 15) is 13.2 Å². The fourth-order valence-corrected chi connectivity index (χ4v) is 4.10. The van der Waals surface area contributed by atoms with Crippen LogP contribution in [0.3, 0.4) is 0 Å². The van der Waals surface area contributed by atoms with E-state index in [0.29, 0.717) is 19.0 Å². The van der Waals surface area contributed by atoms with E-state index in [2.05, 4.69) is 0 Å². The highest BCUT2D eigenvalue weighted by Crippen LogP contribution is 2.34. The lowest BCUT2D eigenvalue weighted by atomic mass is 10.1. The van der Waals surface area contributed by atoms with Gasteiger partial charge in [0.2, 0.25) is 15.9 Å². The quantitative estimate of drug-likeness (QED) is 0.718. The number of carbonyl (C=O) groups excluding carboxylic acids is 1. The molecule has 2 N–H and O–H groups in total. The zero-order valence-electron chi connectivity index (χ0n) is 15.6. The van der Waals surface area contributed by atoms with Crippen molar-refractivity contribution < 1.29 is 22.7 Å². The molecule has 1 atom stereocenters. The van der Waals surface area contributed by atoms with Crippen molar-refractivity contribution >= 4 is 27.7 Å². The van der Waals surface area contributed by atoms with Crippen LogP contribution in [0.5, 0.6) is 11.5 Å². The van der Waals surface area contributed by atoms with Gasteiger partial charge in [-0.2, -0.15) is 0 Å². The number of primary sulfonamides is 1. The Labute approximate surface area is 168 Å². The van der Waals surface area contributed by atoms with Crippen LogP contribution in [0, 0.1) is 0 Å². The van der Waals surface area contributed by atoms with Gasteiger partial charge in [0, 0.05) is 11.9 Å². The summed E-state index contributed by atoms with van der Waals surface area (Å²) in [5.41, 5.74) is 0.826. The van der Waals surface area contributed by atoms with Gasteiger partial charge >= 0.3 is 0 Å². The highest BCUT2D eigenvalue weighted by Gasteiger charge is 2.19. The third kappa shape index (κ3) is 4.78. The summed E-state index contributed by atoms with van der Waals surface area (Å²) >= 11 is 1.43. The van der Waals surface area contributed by atoms with E-state index >= 15 is 0 Å². The number of nitrogens with zero attached hydrogens (tertiary/aromatic N) is 1. The topological polar surface area (TPSA) is 98.9 Å². The van der Waals surface area contributed by atoms with E-state index in [1.165, 1.54) is 23.9 Å². The number of hydrogen-bond donors (Lipinski definition) is 1. The summed E-state index contributed by atoms with van der Waals surface area (Å²) in [6.45, 7) is 2.95. The molecule has 2 aromatic rings. The number of fused-ring (bicyclic) bond motifs is 1. The van der Waals surface area contributed by atoms with Gasteiger partial charge in [-0.15, -0.1) is 11.8 Å². The molecule has 150 valence electrons. The molecule has 0 spiro atoms. The molecule has 0 aliphatic carbocycles. The van der Waals surface area contributed by atoms with Gasteiger partial charge in [-0.3, -0.25) is 4.79 Å². The third-order valence-corrected chi connectivity index (χ3v) is 6.45. The third-order valence-electron chi connectivity index (χ3n) is 4.54. The molecule has 0 saturated carbocycles. The lowest BCUT2D eigenvalue weighted by Crippen LogP contribution is -2.31. The summed E-state index contributed by atoms with van der Waals surface area (Å²) in [5.74, 6) is 1.65. The lowest BCUT2D eigenvalue weighted by molar-refractivity contribution is -0.128. The highest BCUT2D eigenvalue weighted by molar-refractivity contribution is 8.00. The first-order chi connectivity index (χ1) is 13.3. The van der Waals surface area contributed by atoms with Gasteiger partial charge < -0.3 is 14.4 Å². The number of ether oxygens (including phenoxy) is 2. The number of benzene rings is 2. The first kappa shape index (κ1) is 20.5. The molecule has 2 aromatic carbocycles. The molecule has 9 heteroatoms. The molecule has 0 fully saturated rings. The van der Waals surface area contributed by atoms with E-state index < -0.39 is 10.0 Å². The minimum absolute atomic E-state index is 0.0390. The number of hydrogen-bond acceptors (Lipinski definition) is 6. The molecule has 1 amide bonds. The second-order valence-electron chi connectivity index (χ2n) is 6.39. The number of sulfonamides is 1. The predicted molar refractivity (Wildman–Crippen MR) is 107 cm³/mol. The Kier molecular flexibility index (Phi) is 6.17. The number of nitrogens with two attached hydrogens (primary N) is 1. The second kappa shape index (κ2) is 8.42. The van der Waals surface area contributed by atoms with Crippen LogP contribution in [0.1, 0.15) is 18.5 Å². The van der Waals surface area contributed by atoms with E-state index in [1.54, 1.807) is 24.1 Å². The molecule has 0 bridgehead atoms. The predicted octanol–water partition coefficient (Wildman–Crippen LogP) is 2.42. The Balaban J connectivity index is 1.60. The molecule has 0 aromatic heterocycles. The normalized spacial score (nSPS) is 14.4. The monoisotopic (exact) mass is 422 g/mol. The van der Waals surface area contributed by atoms with Gasteiger partial charge in [0.1, 0.15) is 13.2 Å². The van der Waals surface area contributed by atoms with Crippen LogP contribution in [0.25, 0.3) is 0 Å². The standard InChI is InChI=1S/C19H22N2O5S2/c1-13(14-3-6-16(7-4-14)28(20,23)24)21(2)19(22)12-27-15-5-8-17-18(11-15)26-10-9-25-17/h3-8,11,13H,9-10,12H2,1-2H3,(H2,20,23,24). The molecule has 0 saturated heterocycles. The number of carbonyl (C=O) groups is 1. The van der Waals surface area contributed by atoms with Crippen molar-refractivity contribution in [3.8, 4) is 11.5 Å². The van der Waals surface area contributed by atoms with Crippen molar-refractivity contribution in [1.29, 1.82) is 0 Å². The summed E-state index contributed by atoms with van der Waals surface area (Å²) in [6, 6.07) is 11.7. The molecule has 0 radical (unpaired) electrons. The summed E-state index contributed by atoms with van der Waals surface area (Å²) in [4.78, 5) is 15.2. The molecule has 1 unspecified atom stereocenters. The molecular formula is C19H22N2O5S2. The van der Waals surface area contributed by atoms with Crippen LogP contribution in [-0.4, -0.2) is 45.2 Å². The fraction of sp³-hybridized carbons (Fsp3) is 0.316.